The van der Waals surface area contributed by atoms with E-state index in [1.807, 2.05) is 12.1 Å². The smallest absolute Gasteiger partial charge is 0.324 e. The number of carbonyl (C=O) groups excluding carboxylic acids is 2. The van der Waals surface area contributed by atoms with Crippen LogP contribution in [0.5, 0.6) is 0 Å². The van der Waals surface area contributed by atoms with Gasteiger partial charge in [0.25, 0.3) is 5.91 Å². The first-order valence-electron chi connectivity index (χ1n) is 6.90. The molecule has 0 radical (unpaired) electrons. The predicted molar refractivity (Wildman–Crippen MR) is 93.0 cm³/mol. The zero-order chi connectivity index (χ0) is 16.4. The molecule has 2 heterocycles. The molecule has 0 unspecified atom stereocenters. The molecule has 0 atom stereocenters. The summed E-state index contributed by atoms with van der Waals surface area (Å²) in [5, 5.41) is 5.89. The maximum atomic E-state index is 12.2. The van der Waals surface area contributed by atoms with Crippen molar-refractivity contribution < 1.29 is 14.3 Å². The molecule has 1 aliphatic heterocycles. The van der Waals surface area contributed by atoms with E-state index in [-0.39, 0.29) is 0 Å². The zero-order valence-corrected chi connectivity index (χ0v) is 14.4. The van der Waals surface area contributed by atoms with Gasteiger partial charge in [0, 0.05) is 15.0 Å². The van der Waals surface area contributed by atoms with E-state index in [2.05, 4.69) is 26.6 Å². The van der Waals surface area contributed by atoms with Crippen LogP contribution in [0.15, 0.2) is 28.7 Å². The standard InChI is InChI=1S/C15H14BrN3O3S/c16-8-2-1-3-9(6-8)18-15(21)19-14-12(13(17)20)10-4-5-22-7-11(10)23-14/h1-3,6H,4-5,7H2,(H2,17,20)(H2,18,19,21). The second-order valence-corrected chi connectivity index (χ2v) is 6.99. The number of halogens is 1. The first-order valence-corrected chi connectivity index (χ1v) is 8.51. The Hall–Kier alpha value is -1.90. The third-order valence-corrected chi connectivity index (χ3v) is 4.99. The van der Waals surface area contributed by atoms with E-state index in [1.54, 1.807) is 12.1 Å². The van der Waals surface area contributed by atoms with Crippen LogP contribution in [0.4, 0.5) is 15.5 Å². The molecule has 1 aromatic heterocycles. The van der Waals surface area contributed by atoms with E-state index in [0.717, 1.165) is 14.9 Å². The van der Waals surface area contributed by atoms with Crippen molar-refractivity contribution in [1.82, 2.24) is 0 Å². The highest BCUT2D eigenvalue weighted by Gasteiger charge is 2.25. The summed E-state index contributed by atoms with van der Waals surface area (Å²) in [6.45, 7) is 0.989. The molecule has 3 rings (SSSR count). The van der Waals surface area contributed by atoms with Gasteiger partial charge < -0.3 is 15.8 Å². The molecule has 23 heavy (non-hydrogen) atoms. The predicted octanol–water partition coefficient (Wildman–Crippen LogP) is 3.33. The molecule has 0 saturated heterocycles. The van der Waals surface area contributed by atoms with E-state index in [4.69, 9.17) is 10.5 Å². The third-order valence-electron chi connectivity index (χ3n) is 3.38. The Bertz CT molecular complexity index is 775. The van der Waals surface area contributed by atoms with Gasteiger partial charge in [0.1, 0.15) is 5.00 Å². The van der Waals surface area contributed by atoms with Crippen LogP contribution >= 0.6 is 27.3 Å². The number of benzene rings is 1. The lowest BCUT2D eigenvalue weighted by atomic mass is 10.1. The van der Waals surface area contributed by atoms with Crippen LogP contribution in [0, 0.1) is 0 Å². The maximum Gasteiger partial charge on any atom is 0.324 e. The molecular weight excluding hydrogens is 382 g/mol. The molecule has 0 saturated carbocycles. The average Bonchev–Trinajstić information content (AvgIpc) is 2.84. The van der Waals surface area contributed by atoms with E-state index in [0.29, 0.717) is 35.9 Å². The van der Waals surface area contributed by atoms with E-state index < -0.39 is 11.9 Å². The monoisotopic (exact) mass is 395 g/mol. The molecule has 0 bridgehead atoms. The quantitative estimate of drug-likeness (QED) is 0.743. The number of carbonyl (C=O) groups is 2. The van der Waals surface area contributed by atoms with E-state index in [1.165, 1.54) is 11.3 Å². The summed E-state index contributed by atoms with van der Waals surface area (Å²) in [5.41, 5.74) is 7.39. The minimum atomic E-state index is -0.540. The van der Waals surface area contributed by atoms with E-state index in [9.17, 15) is 9.59 Å². The number of hydrogen-bond donors (Lipinski definition) is 3. The third kappa shape index (κ3) is 3.54. The number of hydrogen-bond acceptors (Lipinski definition) is 4. The van der Waals surface area contributed by atoms with Crippen molar-refractivity contribution in [3.05, 3.63) is 44.7 Å². The van der Waals surface area contributed by atoms with Gasteiger partial charge in [-0.05, 0) is 30.2 Å². The van der Waals surface area contributed by atoms with Crippen LogP contribution in [0.1, 0.15) is 20.8 Å². The fourth-order valence-corrected chi connectivity index (χ4v) is 4.00. The van der Waals surface area contributed by atoms with Crippen molar-refractivity contribution in [3.63, 3.8) is 0 Å². The molecule has 1 aliphatic rings. The number of thiophene rings is 1. The second-order valence-electron chi connectivity index (χ2n) is 4.96. The molecule has 3 amide bonds. The van der Waals surface area contributed by atoms with Gasteiger partial charge >= 0.3 is 6.03 Å². The summed E-state index contributed by atoms with van der Waals surface area (Å²) in [6.07, 6.45) is 0.624. The fourth-order valence-electron chi connectivity index (χ4n) is 2.41. The Morgan fingerprint density at radius 2 is 2.13 bits per heavy atom. The summed E-state index contributed by atoms with van der Waals surface area (Å²) < 4.78 is 6.24. The van der Waals surface area contributed by atoms with Gasteiger partial charge in [0.2, 0.25) is 0 Å². The van der Waals surface area contributed by atoms with Crippen LogP contribution in [-0.2, 0) is 17.8 Å². The van der Waals surface area contributed by atoms with Gasteiger partial charge in [0.05, 0.1) is 18.8 Å². The lowest BCUT2D eigenvalue weighted by molar-refractivity contribution is 0.0991. The fraction of sp³-hybridized carbons (Fsp3) is 0.200. The Morgan fingerprint density at radius 1 is 1.30 bits per heavy atom. The highest BCUT2D eigenvalue weighted by molar-refractivity contribution is 9.10. The molecule has 2 aromatic rings. The molecule has 4 N–H and O–H groups in total. The van der Waals surface area contributed by atoms with Crippen molar-refractivity contribution in [2.75, 3.05) is 17.2 Å². The molecule has 6 nitrogen and oxygen atoms in total. The van der Waals surface area contributed by atoms with Crippen molar-refractivity contribution in [1.29, 1.82) is 0 Å². The maximum absolute atomic E-state index is 12.2. The minimum Gasteiger partial charge on any atom is -0.376 e. The van der Waals surface area contributed by atoms with Crippen LogP contribution in [0.3, 0.4) is 0 Å². The summed E-state index contributed by atoms with van der Waals surface area (Å²) in [6, 6.07) is 6.80. The first-order chi connectivity index (χ1) is 11.0. The molecule has 120 valence electrons. The summed E-state index contributed by atoms with van der Waals surface area (Å²) in [4.78, 5) is 24.8. The SMILES string of the molecule is NC(=O)c1c(NC(=O)Nc2cccc(Br)c2)sc2c1CCOC2. The average molecular weight is 396 g/mol. The van der Waals surface area contributed by atoms with Crippen LogP contribution in [0.25, 0.3) is 0 Å². The number of amides is 3. The van der Waals surface area contributed by atoms with Crippen molar-refractivity contribution in [2.45, 2.75) is 13.0 Å². The number of primary amides is 1. The van der Waals surface area contributed by atoms with Crippen LogP contribution < -0.4 is 16.4 Å². The summed E-state index contributed by atoms with van der Waals surface area (Å²) in [5.74, 6) is -0.540. The second kappa shape index (κ2) is 6.69. The van der Waals surface area contributed by atoms with Gasteiger partial charge in [-0.1, -0.05) is 22.0 Å². The van der Waals surface area contributed by atoms with Gasteiger partial charge in [-0.2, -0.15) is 0 Å². The minimum absolute atomic E-state index is 0.387. The molecule has 8 heteroatoms. The number of anilines is 2. The Morgan fingerprint density at radius 3 is 2.87 bits per heavy atom. The number of nitrogens with two attached hydrogens (primary N) is 1. The molecular formula is C15H14BrN3O3S. The van der Waals surface area contributed by atoms with Crippen LogP contribution in [-0.4, -0.2) is 18.5 Å². The molecule has 0 fully saturated rings. The van der Waals surface area contributed by atoms with Gasteiger partial charge in [-0.3, -0.25) is 10.1 Å². The Labute approximate surface area is 145 Å². The highest BCUT2D eigenvalue weighted by Crippen LogP contribution is 2.36. The number of ether oxygens (including phenoxy) is 1. The largest absolute Gasteiger partial charge is 0.376 e. The van der Waals surface area contributed by atoms with E-state index >= 15 is 0 Å². The Balaban J connectivity index is 1.81. The number of nitrogens with one attached hydrogen (secondary N) is 2. The number of fused-ring (bicyclic) bond motifs is 1. The highest BCUT2D eigenvalue weighted by atomic mass is 79.9. The van der Waals surface area contributed by atoms with Crippen molar-refractivity contribution >= 4 is 49.9 Å². The molecule has 0 aliphatic carbocycles. The normalized spacial score (nSPS) is 13.3. The van der Waals surface area contributed by atoms with Crippen molar-refractivity contribution in [3.8, 4) is 0 Å². The molecule has 1 aromatic carbocycles. The van der Waals surface area contributed by atoms with Gasteiger partial charge in [0.15, 0.2) is 0 Å². The zero-order valence-electron chi connectivity index (χ0n) is 12.0. The number of urea groups is 1. The van der Waals surface area contributed by atoms with Gasteiger partial charge in [-0.25, -0.2) is 4.79 Å². The van der Waals surface area contributed by atoms with Crippen LogP contribution in [0.2, 0.25) is 0 Å². The summed E-state index contributed by atoms with van der Waals surface area (Å²) in [7, 11) is 0. The molecule has 0 spiro atoms. The van der Waals surface area contributed by atoms with Gasteiger partial charge in [-0.15, -0.1) is 11.3 Å². The topological polar surface area (TPSA) is 93.5 Å². The lowest BCUT2D eigenvalue weighted by Gasteiger charge is -2.12. The lowest BCUT2D eigenvalue weighted by Crippen LogP contribution is -2.22. The Kier molecular flexibility index (Phi) is 4.65. The first kappa shape index (κ1) is 16.0. The summed E-state index contributed by atoms with van der Waals surface area (Å²) >= 11 is 4.67. The van der Waals surface area contributed by atoms with Crippen molar-refractivity contribution in [2.24, 2.45) is 5.73 Å². The number of rotatable bonds is 3.